The van der Waals surface area contributed by atoms with Crippen LogP contribution in [0.2, 0.25) is 0 Å². The van der Waals surface area contributed by atoms with Crippen LogP contribution in [0, 0.1) is 0 Å². The van der Waals surface area contributed by atoms with Crippen LogP contribution in [0.5, 0.6) is 11.5 Å². The summed E-state index contributed by atoms with van der Waals surface area (Å²) in [6, 6.07) is 14.6. The van der Waals surface area contributed by atoms with E-state index >= 15 is 0 Å². The van der Waals surface area contributed by atoms with Crippen molar-refractivity contribution in [3.63, 3.8) is 0 Å². The zero-order valence-corrected chi connectivity index (χ0v) is 13.9. The first-order valence-electron chi connectivity index (χ1n) is 8.77. The standard InChI is InChI=1S/C20H19N3O2/c1-2-7-16-14(5-1)20(22-13-21-16)23-10-4-8-17(23)15-6-3-9-18-19(15)25-12-11-24-18/h1-3,5-7,9,13,17H,4,8,10-12H2. The molecular formula is C20H19N3O2. The molecule has 1 saturated heterocycles. The van der Waals surface area contributed by atoms with Crippen molar-refractivity contribution in [3.8, 4) is 11.5 Å². The van der Waals surface area contributed by atoms with Gasteiger partial charge in [0, 0.05) is 17.5 Å². The molecule has 5 heteroatoms. The Balaban J connectivity index is 1.61. The fraction of sp³-hybridized carbons (Fsp3) is 0.300. The highest BCUT2D eigenvalue weighted by Gasteiger charge is 2.32. The van der Waals surface area contributed by atoms with Gasteiger partial charge in [-0.1, -0.05) is 24.3 Å². The topological polar surface area (TPSA) is 47.5 Å². The molecule has 0 aliphatic carbocycles. The van der Waals surface area contributed by atoms with Crippen molar-refractivity contribution in [2.45, 2.75) is 18.9 Å². The fourth-order valence-electron chi connectivity index (χ4n) is 3.92. The Labute approximate surface area is 146 Å². The van der Waals surface area contributed by atoms with E-state index in [0.717, 1.165) is 47.6 Å². The maximum absolute atomic E-state index is 5.95. The van der Waals surface area contributed by atoms with Crippen molar-refractivity contribution in [2.75, 3.05) is 24.7 Å². The summed E-state index contributed by atoms with van der Waals surface area (Å²) in [6.07, 6.45) is 3.87. The monoisotopic (exact) mass is 333 g/mol. The third-order valence-corrected chi connectivity index (χ3v) is 5.00. The minimum atomic E-state index is 0.245. The molecule has 2 aliphatic heterocycles. The third kappa shape index (κ3) is 2.38. The number of benzene rings is 2. The molecule has 0 saturated carbocycles. The summed E-state index contributed by atoms with van der Waals surface area (Å²) in [5.74, 6) is 2.74. The molecule has 0 N–H and O–H groups in total. The maximum atomic E-state index is 5.95. The first-order chi connectivity index (χ1) is 12.4. The van der Waals surface area contributed by atoms with Gasteiger partial charge in [-0.2, -0.15) is 0 Å². The second-order valence-corrected chi connectivity index (χ2v) is 6.44. The van der Waals surface area contributed by atoms with Gasteiger partial charge in [0.05, 0.1) is 11.6 Å². The van der Waals surface area contributed by atoms with Gasteiger partial charge in [-0.25, -0.2) is 9.97 Å². The number of hydrogen-bond acceptors (Lipinski definition) is 5. The summed E-state index contributed by atoms with van der Waals surface area (Å²) in [7, 11) is 0. The molecule has 5 rings (SSSR count). The lowest BCUT2D eigenvalue weighted by Crippen LogP contribution is -2.25. The molecule has 1 unspecified atom stereocenters. The van der Waals surface area contributed by atoms with E-state index in [9.17, 15) is 0 Å². The molecular weight excluding hydrogens is 314 g/mol. The van der Waals surface area contributed by atoms with E-state index in [1.54, 1.807) is 6.33 Å². The molecule has 0 bridgehead atoms. The molecule has 2 aliphatic rings. The quantitative estimate of drug-likeness (QED) is 0.715. The summed E-state index contributed by atoms with van der Waals surface area (Å²) in [6.45, 7) is 2.20. The van der Waals surface area contributed by atoms with Crippen LogP contribution >= 0.6 is 0 Å². The first-order valence-corrected chi connectivity index (χ1v) is 8.77. The van der Waals surface area contributed by atoms with Crippen molar-refractivity contribution >= 4 is 16.7 Å². The number of anilines is 1. The Morgan fingerprint density at radius 1 is 0.960 bits per heavy atom. The smallest absolute Gasteiger partial charge is 0.166 e. The van der Waals surface area contributed by atoms with E-state index in [1.807, 2.05) is 24.3 Å². The third-order valence-electron chi connectivity index (χ3n) is 5.00. The summed E-state index contributed by atoms with van der Waals surface area (Å²) in [5, 5.41) is 1.10. The molecule has 3 aromatic rings. The predicted octanol–water partition coefficient (Wildman–Crippen LogP) is 3.74. The predicted molar refractivity (Wildman–Crippen MR) is 96.3 cm³/mol. The van der Waals surface area contributed by atoms with Crippen molar-refractivity contribution in [1.82, 2.24) is 9.97 Å². The van der Waals surface area contributed by atoms with Crippen LogP contribution in [0.1, 0.15) is 24.4 Å². The SMILES string of the molecule is c1cc2c(c(C3CCCN3c3ncnc4ccccc34)c1)OCCO2. The minimum Gasteiger partial charge on any atom is -0.486 e. The van der Waals surface area contributed by atoms with Gasteiger partial charge in [-0.15, -0.1) is 0 Å². The van der Waals surface area contributed by atoms with Gasteiger partial charge in [0.25, 0.3) is 0 Å². The van der Waals surface area contributed by atoms with Crippen molar-refractivity contribution in [1.29, 1.82) is 0 Å². The molecule has 3 heterocycles. The lowest BCUT2D eigenvalue weighted by atomic mass is 10.0. The van der Waals surface area contributed by atoms with Crippen LogP contribution in [0.4, 0.5) is 5.82 Å². The molecule has 25 heavy (non-hydrogen) atoms. The first kappa shape index (κ1) is 14.5. The number of hydrogen-bond donors (Lipinski definition) is 0. The van der Waals surface area contributed by atoms with Gasteiger partial charge in [0.2, 0.25) is 0 Å². The Hall–Kier alpha value is -2.82. The fourth-order valence-corrected chi connectivity index (χ4v) is 3.92. The maximum Gasteiger partial charge on any atom is 0.166 e. The molecule has 126 valence electrons. The molecule has 1 aromatic heterocycles. The van der Waals surface area contributed by atoms with Gasteiger partial charge in [0.15, 0.2) is 11.5 Å². The summed E-state index contributed by atoms with van der Waals surface area (Å²) in [5.41, 5.74) is 2.17. The molecule has 1 fully saturated rings. The highest BCUT2D eigenvalue weighted by atomic mass is 16.6. The van der Waals surface area contributed by atoms with Crippen LogP contribution in [-0.4, -0.2) is 29.7 Å². The Bertz CT molecular complexity index is 922. The van der Waals surface area contributed by atoms with Gasteiger partial charge < -0.3 is 14.4 Å². The van der Waals surface area contributed by atoms with E-state index in [0.29, 0.717) is 13.2 Å². The zero-order valence-electron chi connectivity index (χ0n) is 13.9. The lowest BCUT2D eigenvalue weighted by Gasteiger charge is -2.30. The largest absolute Gasteiger partial charge is 0.486 e. The average molecular weight is 333 g/mol. The Kier molecular flexibility index (Phi) is 3.44. The van der Waals surface area contributed by atoms with E-state index in [2.05, 4.69) is 33.1 Å². The van der Waals surface area contributed by atoms with Crippen LogP contribution in [0.25, 0.3) is 10.9 Å². The van der Waals surface area contributed by atoms with Gasteiger partial charge >= 0.3 is 0 Å². The number of nitrogens with zero attached hydrogens (tertiary/aromatic N) is 3. The van der Waals surface area contributed by atoms with Crippen LogP contribution in [0.15, 0.2) is 48.8 Å². The minimum absolute atomic E-state index is 0.245. The van der Waals surface area contributed by atoms with Crippen LogP contribution in [0.3, 0.4) is 0 Å². The van der Waals surface area contributed by atoms with Crippen molar-refractivity contribution < 1.29 is 9.47 Å². The summed E-state index contributed by atoms with van der Waals surface area (Å²) in [4.78, 5) is 11.4. The van der Waals surface area contributed by atoms with E-state index < -0.39 is 0 Å². The summed E-state index contributed by atoms with van der Waals surface area (Å²) < 4.78 is 11.7. The second kappa shape index (κ2) is 5.92. The van der Waals surface area contributed by atoms with Gasteiger partial charge in [0.1, 0.15) is 25.4 Å². The molecule has 2 aromatic carbocycles. The van der Waals surface area contributed by atoms with Gasteiger partial charge in [-0.05, 0) is 31.0 Å². The molecule has 0 spiro atoms. The molecule has 0 radical (unpaired) electrons. The average Bonchev–Trinajstić information content (AvgIpc) is 3.16. The van der Waals surface area contributed by atoms with Crippen molar-refractivity contribution in [3.05, 3.63) is 54.4 Å². The van der Waals surface area contributed by atoms with Crippen LogP contribution < -0.4 is 14.4 Å². The number of rotatable bonds is 2. The van der Waals surface area contributed by atoms with Gasteiger partial charge in [-0.3, -0.25) is 0 Å². The second-order valence-electron chi connectivity index (χ2n) is 6.44. The highest BCUT2D eigenvalue weighted by molar-refractivity contribution is 5.89. The van der Waals surface area contributed by atoms with Crippen molar-refractivity contribution in [2.24, 2.45) is 0 Å². The number of para-hydroxylation sites is 2. The number of fused-ring (bicyclic) bond motifs is 2. The number of ether oxygens (including phenoxy) is 2. The highest BCUT2D eigenvalue weighted by Crippen LogP contribution is 2.44. The summed E-state index contributed by atoms with van der Waals surface area (Å²) >= 11 is 0. The Morgan fingerprint density at radius 2 is 1.88 bits per heavy atom. The number of aromatic nitrogens is 2. The van der Waals surface area contributed by atoms with E-state index in [1.165, 1.54) is 5.56 Å². The van der Waals surface area contributed by atoms with Crippen LogP contribution in [-0.2, 0) is 0 Å². The molecule has 1 atom stereocenters. The molecule has 0 amide bonds. The zero-order chi connectivity index (χ0) is 16.6. The van der Waals surface area contributed by atoms with E-state index in [4.69, 9.17) is 9.47 Å². The Morgan fingerprint density at radius 3 is 2.88 bits per heavy atom. The normalized spacial score (nSPS) is 19.4. The molecule has 5 nitrogen and oxygen atoms in total. The van der Waals surface area contributed by atoms with E-state index in [-0.39, 0.29) is 6.04 Å². The lowest BCUT2D eigenvalue weighted by molar-refractivity contribution is 0.169.